The van der Waals surface area contributed by atoms with E-state index in [0.29, 0.717) is 12.5 Å². The lowest BCUT2D eigenvalue weighted by Crippen LogP contribution is -2.11. The number of ether oxygens (including phenoxy) is 1. The van der Waals surface area contributed by atoms with Gasteiger partial charge in [-0.1, -0.05) is 60.2 Å². The number of hydrogen-bond donors (Lipinski definition) is 0. The zero-order valence-electron chi connectivity index (χ0n) is 14.5. The quantitative estimate of drug-likeness (QED) is 0.633. The van der Waals surface area contributed by atoms with Gasteiger partial charge in [0, 0.05) is 11.2 Å². The first kappa shape index (κ1) is 16.9. The molecule has 0 bridgehead atoms. The number of rotatable bonds is 4. The Morgan fingerprint density at radius 2 is 1.62 bits per heavy atom. The van der Waals surface area contributed by atoms with Gasteiger partial charge in [0.15, 0.2) is 9.79 Å². The molecule has 0 fully saturated rings. The van der Waals surface area contributed by atoms with Crippen LogP contribution in [0.3, 0.4) is 0 Å². The molecule has 0 aliphatic carbocycles. The summed E-state index contributed by atoms with van der Waals surface area (Å²) in [6, 6.07) is 25.5. The van der Waals surface area contributed by atoms with E-state index in [0.717, 1.165) is 26.5 Å². The molecule has 1 aliphatic heterocycles. The summed E-state index contributed by atoms with van der Waals surface area (Å²) in [6.07, 6.45) is 0. The molecule has 3 aromatic carbocycles. The van der Waals surface area contributed by atoms with Crippen molar-refractivity contribution in [2.75, 3.05) is 6.61 Å². The first-order valence-corrected chi connectivity index (χ1v) is 9.71. The predicted molar refractivity (Wildman–Crippen MR) is 104 cm³/mol. The Hall–Kier alpha value is -2.56. The molecule has 0 aromatic heterocycles. The van der Waals surface area contributed by atoms with E-state index in [-0.39, 0.29) is 6.04 Å². The number of benzene rings is 3. The fourth-order valence-electron chi connectivity index (χ4n) is 2.96. The number of hydrogen-bond acceptors (Lipinski definition) is 3. The molecule has 3 nitrogen and oxygen atoms in total. The fraction of sp³-hybridized carbons (Fsp3) is 0.136. The van der Waals surface area contributed by atoms with Crippen LogP contribution in [0.25, 0.3) is 0 Å². The van der Waals surface area contributed by atoms with Gasteiger partial charge >= 0.3 is 0 Å². The molecule has 1 unspecified atom stereocenters. The standard InChI is InChI=1S/C22H19NO2S/c1-16-11-13-18(14-12-16)26(24)21-10-6-5-9-19(21)22-23-20(15-25-22)17-7-3-2-4-8-17/h2-14,20H,15H2,1H3/t20-,26?/m1/s1. The number of nitrogens with zero attached hydrogens (tertiary/aromatic N) is 1. The summed E-state index contributed by atoms with van der Waals surface area (Å²) in [5, 5.41) is 0. The number of aryl methyl sites for hydroxylation is 1. The lowest BCUT2D eigenvalue weighted by Gasteiger charge is -2.13. The normalized spacial score (nSPS) is 17.5. The van der Waals surface area contributed by atoms with Crippen molar-refractivity contribution < 1.29 is 9.29 Å². The molecule has 0 N–H and O–H groups in total. The van der Waals surface area contributed by atoms with Crippen molar-refractivity contribution in [3.63, 3.8) is 0 Å². The Balaban J connectivity index is 1.67. The monoisotopic (exact) mass is 361 g/mol. The molecule has 3 aromatic rings. The summed E-state index contributed by atoms with van der Waals surface area (Å²) < 4.78 is 19.0. The maximum absolute atomic E-state index is 13.1. The Kier molecular flexibility index (Phi) is 4.78. The van der Waals surface area contributed by atoms with Crippen molar-refractivity contribution in [1.29, 1.82) is 0 Å². The molecule has 0 saturated heterocycles. The maximum Gasteiger partial charge on any atom is 0.222 e. The second kappa shape index (κ2) is 7.36. The van der Waals surface area contributed by atoms with Gasteiger partial charge in [0.1, 0.15) is 12.6 Å². The lowest BCUT2D eigenvalue weighted by atomic mass is 10.1. The van der Waals surface area contributed by atoms with Crippen LogP contribution in [0.2, 0.25) is 0 Å². The molecular weight excluding hydrogens is 342 g/mol. The van der Waals surface area contributed by atoms with Gasteiger partial charge in [-0.2, -0.15) is 0 Å². The van der Waals surface area contributed by atoms with Crippen LogP contribution in [-0.4, -0.2) is 17.1 Å². The highest BCUT2D eigenvalue weighted by atomic mass is 32.2. The van der Waals surface area contributed by atoms with E-state index < -0.39 is 11.2 Å². The molecule has 0 spiro atoms. The van der Waals surface area contributed by atoms with Crippen LogP contribution >= 0.6 is 0 Å². The van der Waals surface area contributed by atoms with Crippen LogP contribution in [0, 0.1) is 6.92 Å². The van der Waals surface area contributed by atoms with E-state index in [1.165, 1.54) is 0 Å². The van der Waals surface area contributed by atoms with Crippen LogP contribution in [0.4, 0.5) is 0 Å². The lowest BCUT2D eigenvalue weighted by molar-refractivity contribution is 0.319. The van der Waals surface area contributed by atoms with Crippen LogP contribution in [0.5, 0.6) is 0 Å². The first-order chi connectivity index (χ1) is 12.7. The molecule has 2 atom stereocenters. The van der Waals surface area contributed by atoms with Crippen molar-refractivity contribution in [3.05, 3.63) is 95.6 Å². The van der Waals surface area contributed by atoms with Gasteiger partial charge in [0.2, 0.25) is 5.90 Å². The van der Waals surface area contributed by atoms with Gasteiger partial charge in [-0.25, -0.2) is 4.99 Å². The zero-order valence-corrected chi connectivity index (χ0v) is 15.3. The highest BCUT2D eigenvalue weighted by Crippen LogP contribution is 2.30. The Bertz CT molecular complexity index is 922. The molecule has 4 rings (SSSR count). The third kappa shape index (κ3) is 3.39. The Morgan fingerprint density at radius 1 is 0.923 bits per heavy atom. The highest BCUT2D eigenvalue weighted by molar-refractivity contribution is 7.91. The molecule has 0 saturated carbocycles. The first-order valence-electron chi connectivity index (χ1n) is 8.56. The maximum atomic E-state index is 13.1. The van der Waals surface area contributed by atoms with Gasteiger partial charge in [-0.3, -0.25) is 0 Å². The van der Waals surface area contributed by atoms with Gasteiger partial charge in [0.05, 0.1) is 5.56 Å². The van der Waals surface area contributed by atoms with E-state index in [1.807, 2.05) is 73.7 Å². The largest absolute Gasteiger partial charge is 0.606 e. The van der Waals surface area contributed by atoms with Gasteiger partial charge in [-0.15, -0.1) is 0 Å². The van der Waals surface area contributed by atoms with Crippen molar-refractivity contribution in [1.82, 2.24) is 0 Å². The van der Waals surface area contributed by atoms with E-state index >= 15 is 0 Å². The smallest absolute Gasteiger partial charge is 0.222 e. The zero-order chi connectivity index (χ0) is 17.9. The number of aliphatic imine (C=N–C) groups is 1. The third-order valence-corrected chi connectivity index (χ3v) is 5.84. The van der Waals surface area contributed by atoms with Crippen LogP contribution in [0.15, 0.2) is 93.6 Å². The molecular formula is C22H19NO2S. The van der Waals surface area contributed by atoms with E-state index in [9.17, 15) is 4.55 Å². The minimum Gasteiger partial charge on any atom is -0.606 e. The summed E-state index contributed by atoms with van der Waals surface area (Å²) in [4.78, 5) is 6.24. The summed E-state index contributed by atoms with van der Waals surface area (Å²) in [6.45, 7) is 2.52. The van der Waals surface area contributed by atoms with Gasteiger partial charge < -0.3 is 9.29 Å². The van der Waals surface area contributed by atoms with Crippen molar-refractivity contribution in [2.45, 2.75) is 22.8 Å². The second-order valence-electron chi connectivity index (χ2n) is 6.25. The third-order valence-electron chi connectivity index (χ3n) is 4.39. The fourth-order valence-corrected chi connectivity index (χ4v) is 4.16. The Labute approximate surface area is 156 Å². The highest BCUT2D eigenvalue weighted by Gasteiger charge is 2.27. The minimum atomic E-state index is -1.28. The molecule has 130 valence electrons. The van der Waals surface area contributed by atoms with Gasteiger partial charge in [-0.05, 0) is 36.8 Å². The molecule has 1 aliphatic rings. The van der Waals surface area contributed by atoms with Crippen molar-refractivity contribution in [2.24, 2.45) is 4.99 Å². The molecule has 0 amide bonds. The summed E-state index contributed by atoms with van der Waals surface area (Å²) >= 11 is -1.28. The second-order valence-corrected chi connectivity index (χ2v) is 7.70. The topological polar surface area (TPSA) is 44.7 Å². The van der Waals surface area contributed by atoms with E-state index in [1.54, 1.807) is 0 Å². The average molecular weight is 361 g/mol. The van der Waals surface area contributed by atoms with Crippen molar-refractivity contribution >= 4 is 17.1 Å². The molecule has 1 heterocycles. The van der Waals surface area contributed by atoms with E-state index in [4.69, 9.17) is 9.73 Å². The molecule has 4 heteroatoms. The van der Waals surface area contributed by atoms with Crippen LogP contribution in [0.1, 0.15) is 22.7 Å². The van der Waals surface area contributed by atoms with Crippen molar-refractivity contribution in [3.8, 4) is 0 Å². The average Bonchev–Trinajstić information content (AvgIpc) is 3.19. The van der Waals surface area contributed by atoms with Gasteiger partial charge in [0.25, 0.3) is 0 Å². The Morgan fingerprint density at radius 3 is 2.38 bits per heavy atom. The SMILES string of the molecule is Cc1ccc([S+]([O-])c2ccccc2C2=N[C@@H](c3ccccc3)CO2)cc1. The summed E-state index contributed by atoms with van der Waals surface area (Å²) in [5.41, 5.74) is 3.07. The minimum absolute atomic E-state index is 0.0212. The summed E-state index contributed by atoms with van der Waals surface area (Å²) in [5.74, 6) is 0.565. The van der Waals surface area contributed by atoms with E-state index in [2.05, 4.69) is 12.1 Å². The molecule has 0 radical (unpaired) electrons. The molecule has 26 heavy (non-hydrogen) atoms. The van der Waals surface area contributed by atoms with Crippen LogP contribution < -0.4 is 0 Å². The predicted octanol–water partition coefficient (Wildman–Crippen LogP) is 4.68. The summed E-state index contributed by atoms with van der Waals surface area (Å²) in [7, 11) is 0. The van der Waals surface area contributed by atoms with Crippen LogP contribution in [-0.2, 0) is 15.9 Å².